The molecule has 4 heteroatoms. The van der Waals surface area contributed by atoms with Gasteiger partial charge in [-0.1, -0.05) is 0 Å². The number of carbonyl (C=O) groups excluding carboxylic acids is 1. The first-order chi connectivity index (χ1) is 6.06. The van der Waals surface area contributed by atoms with Crippen LogP contribution in [-0.2, 0) is 4.79 Å². The van der Waals surface area contributed by atoms with Gasteiger partial charge in [0.1, 0.15) is 0 Å². The molecule has 4 N–H and O–H groups in total. The highest BCUT2D eigenvalue weighted by atomic mass is 16.1. The van der Waals surface area contributed by atoms with Crippen LogP contribution < -0.4 is 16.4 Å². The molecule has 4 nitrogen and oxygen atoms in total. The van der Waals surface area contributed by atoms with E-state index in [1.54, 1.807) is 19.2 Å². The number of nitrogens with two attached hydrogens (primary N) is 2. The highest BCUT2D eigenvalue weighted by molar-refractivity contribution is 5.81. The molecule has 0 aromatic heterocycles. The normalized spacial score (nSPS) is 9.69. The summed E-state index contributed by atoms with van der Waals surface area (Å²) in [5, 5.41) is 0. The molecule has 0 atom stereocenters. The molecule has 0 aliphatic carbocycles. The summed E-state index contributed by atoms with van der Waals surface area (Å²) in [4.78, 5) is 12.0. The van der Waals surface area contributed by atoms with Gasteiger partial charge in [0.2, 0.25) is 6.41 Å². The van der Waals surface area contributed by atoms with Crippen LogP contribution in [0.4, 0.5) is 17.1 Å². The molecule has 0 fully saturated rings. The van der Waals surface area contributed by atoms with Gasteiger partial charge in [0.05, 0.1) is 11.4 Å². The number of nitrogens with zero attached hydrogens (tertiary/aromatic N) is 1. The van der Waals surface area contributed by atoms with E-state index in [4.69, 9.17) is 11.5 Å². The summed E-state index contributed by atoms with van der Waals surface area (Å²) in [6.45, 7) is 1.88. The summed E-state index contributed by atoms with van der Waals surface area (Å²) < 4.78 is 0. The lowest BCUT2D eigenvalue weighted by atomic mass is 10.1. The van der Waals surface area contributed by atoms with E-state index in [0.717, 1.165) is 17.7 Å². The Morgan fingerprint density at radius 3 is 2.38 bits per heavy atom. The third kappa shape index (κ3) is 1.72. The van der Waals surface area contributed by atoms with Crippen molar-refractivity contribution in [1.29, 1.82) is 0 Å². The molecular formula is C9H13N3O. The summed E-state index contributed by atoms with van der Waals surface area (Å²) in [6.07, 6.45) is 0.734. The average molecular weight is 179 g/mol. The van der Waals surface area contributed by atoms with Crippen LogP contribution in [0.2, 0.25) is 0 Å². The second-order valence-corrected chi connectivity index (χ2v) is 2.98. The van der Waals surface area contributed by atoms with Crippen LogP contribution in [-0.4, -0.2) is 13.5 Å². The third-order valence-corrected chi connectivity index (χ3v) is 1.94. The van der Waals surface area contributed by atoms with Crippen molar-refractivity contribution in [2.24, 2.45) is 0 Å². The largest absolute Gasteiger partial charge is 0.397 e. The van der Waals surface area contributed by atoms with Crippen molar-refractivity contribution in [2.45, 2.75) is 6.92 Å². The van der Waals surface area contributed by atoms with Gasteiger partial charge in [-0.25, -0.2) is 0 Å². The number of aryl methyl sites for hydroxylation is 1. The fourth-order valence-corrected chi connectivity index (χ4v) is 1.17. The predicted octanol–water partition coefficient (Wildman–Crippen LogP) is 0.752. The SMILES string of the molecule is Cc1cc(N)c(N)cc1N(C)C=O. The first-order valence-electron chi connectivity index (χ1n) is 3.90. The van der Waals surface area contributed by atoms with Gasteiger partial charge in [-0.3, -0.25) is 4.79 Å². The molecule has 0 unspecified atom stereocenters. The minimum absolute atomic E-state index is 0.495. The molecular weight excluding hydrogens is 166 g/mol. The van der Waals surface area contributed by atoms with Crippen LogP contribution in [0.15, 0.2) is 12.1 Å². The Morgan fingerprint density at radius 1 is 1.31 bits per heavy atom. The van der Waals surface area contributed by atoms with E-state index in [9.17, 15) is 4.79 Å². The van der Waals surface area contributed by atoms with E-state index in [1.165, 1.54) is 4.90 Å². The lowest BCUT2D eigenvalue weighted by Gasteiger charge is -2.15. The van der Waals surface area contributed by atoms with E-state index in [0.29, 0.717) is 11.4 Å². The van der Waals surface area contributed by atoms with E-state index in [2.05, 4.69) is 0 Å². The predicted molar refractivity (Wildman–Crippen MR) is 54.5 cm³/mol. The molecule has 0 heterocycles. The number of benzene rings is 1. The van der Waals surface area contributed by atoms with E-state index in [-0.39, 0.29) is 0 Å². The average Bonchev–Trinajstić information content (AvgIpc) is 2.10. The number of nitrogen functional groups attached to an aromatic ring is 2. The fourth-order valence-electron chi connectivity index (χ4n) is 1.17. The molecule has 1 aromatic carbocycles. The van der Waals surface area contributed by atoms with Crippen molar-refractivity contribution in [3.05, 3.63) is 17.7 Å². The molecule has 0 saturated carbocycles. The number of amides is 1. The van der Waals surface area contributed by atoms with Crippen molar-refractivity contribution < 1.29 is 4.79 Å². The van der Waals surface area contributed by atoms with E-state index < -0.39 is 0 Å². The molecule has 70 valence electrons. The van der Waals surface area contributed by atoms with Crippen molar-refractivity contribution in [1.82, 2.24) is 0 Å². The topological polar surface area (TPSA) is 72.3 Å². The smallest absolute Gasteiger partial charge is 0.213 e. The zero-order valence-electron chi connectivity index (χ0n) is 7.74. The summed E-state index contributed by atoms with van der Waals surface area (Å²) in [5.74, 6) is 0. The Bertz CT molecular complexity index is 336. The maximum absolute atomic E-state index is 10.5. The third-order valence-electron chi connectivity index (χ3n) is 1.94. The number of hydrogen-bond donors (Lipinski definition) is 2. The van der Waals surface area contributed by atoms with Crippen molar-refractivity contribution in [2.75, 3.05) is 23.4 Å². The maximum Gasteiger partial charge on any atom is 0.213 e. The van der Waals surface area contributed by atoms with Gasteiger partial charge in [-0.05, 0) is 24.6 Å². The van der Waals surface area contributed by atoms with Gasteiger partial charge in [-0.15, -0.1) is 0 Å². The molecule has 0 radical (unpaired) electrons. The fraction of sp³-hybridized carbons (Fsp3) is 0.222. The quantitative estimate of drug-likeness (QED) is 0.520. The Hall–Kier alpha value is -1.71. The summed E-state index contributed by atoms with van der Waals surface area (Å²) in [7, 11) is 1.67. The highest BCUT2D eigenvalue weighted by Gasteiger charge is 2.05. The second-order valence-electron chi connectivity index (χ2n) is 2.98. The molecule has 0 aliphatic rings. The van der Waals surface area contributed by atoms with Gasteiger partial charge >= 0.3 is 0 Å². The Morgan fingerprint density at radius 2 is 1.85 bits per heavy atom. The molecule has 1 rings (SSSR count). The van der Waals surface area contributed by atoms with Crippen molar-refractivity contribution >= 4 is 23.5 Å². The molecule has 0 bridgehead atoms. The standard InChI is InChI=1S/C9H13N3O/c1-6-3-7(10)8(11)4-9(6)12(2)5-13/h3-5H,10-11H2,1-2H3. The zero-order valence-corrected chi connectivity index (χ0v) is 7.74. The lowest BCUT2D eigenvalue weighted by molar-refractivity contribution is -0.107. The van der Waals surface area contributed by atoms with Crippen molar-refractivity contribution in [3.63, 3.8) is 0 Å². The van der Waals surface area contributed by atoms with Crippen LogP contribution in [0.1, 0.15) is 5.56 Å². The minimum atomic E-state index is 0.495. The number of hydrogen-bond acceptors (Lipinski definition) is 3. The maximum atomic E-state index is 10.5. The first-order valence-corrected chi connectivity index (χ1v) is 3.90. The minimum Gasteiger partial charge on any atom is -0.397 e. The van der Waals surface area contributed by atoms with E-state index in [1.807, 2.05) is 6.92 Å². The van der Waals surface area contributed by atoms with Gasteiger partial charge in [0, 0.05) is 12.7 Å². The van der Waals surface area contributed by atoms with Gasteiger partial charge in [-0.2, -0.15) is 0 Å². The van der Waals surface area contributed by atoms with Crippen LogP contribution in [0.3, 0.4) is 0 Å². The molecule has 1 amide bonds. The highest BCUT2D eigenvalue weighted by Crippen LogP contribution is 2.26. The molecule has 1 aromatic rings. The van der Waals surface area contributed by atoms with Gasteiger partial charge in [0.15, 0.2) is 0 Å². The number of rotatable bonds is 2. The van der Waals surface area contributed by atoms with Crippen LogP contribution in [0, 0.1) is 6.92 Å². The molecule has 0 saturated heterocycles. The van der Waals surface area contributed by atoms with Crippen molar-refractivity contribution in [3.8, 4) is 0 Å². The monoisotopic (exact) mass is 179 g/mol. The number of anilines is 3. The van der Waals surface area contributed by atoms with Crippen LogP contribution in [0.5, 0.6) is 0 Å². The zero-order chi connectivity index (χ0) is 10.0. The lowest BCUT2D eigenvalue weighted by Crippen LogP contribution is -2.15. The summed E-state index contributed by atoms with van der Waals surface area (Å²) in [5.41, 5.74) is 14.0. The Balaban J connectivity index is 3.22. The molecule has 13 heavy (non-hydrogen) atoms. The summed E-state index contributed by atoms with van der Waals surface area (Å²) in [6, 6.07) is 3.45. The van der Waals surface area contributed by atoms with Gasteiger partial charge < -0.3 is 16.4 Å². The van der Waals surface area contributed by atoms with E-state index >= 15 is 0 Å². The summed E-state index contributed by atoms with van der Waals surface area (Å²) >= 11 is 0. The number of carbonyl (C=O) groups is 1. The second kappa shape index (κ2) is 3.35. The Kier molecular flexibility index (Phi) is 2.41. The van der Waals surface area contributed by atoms with Crippen LogP contribution in [0.25, 0.3) is 0 Å². The molecule has 0 aliphatic heterocycles. The van der Waals surface area contributed by atoms with Gasteiger partial charge in [0.25, 0.3) is 0 Å². The first kappa shape index (κ1) is 9.38. The Labute approximate surface area is 77.1 Å². The van der Waals surface area contributed by atoms with Crippen LogP contribution >= 0.6 is 0 Å². The molecule has 0 spiro atoms.